The number of piperazine rings is 1. The Kier molecular flexibility index (Phi) is 6.05. The van der Waals surface area contributed by atoms with Crippen LogP contribution in [0, 0.1) is 5.92 Å². The van der Waals surface area contributed by atoms with Crippen molar-refractivity contribution in [3.8, 4) is 0 Å². The van der Waals surface area contributed by atoms with E-state index in [0.717, 1.165) is 44.3 Å². The molecule has 1 aliphatic rings. The summed E-state index contributed by atoms with van der Waals surface area (Å²) in [5, 5.41) is 7.39. The van der Waals surface area contributed by atoms with Crippen molar-refractivity contribution < 1.29 is 4.52 Å². The average Bonchev–Trinajstić information content (AvgIpc) is 2.68. The van der Waals surface area contributed by atoms with E-state index in [0.29, 0.717) is 12.0 Å². The second-order valence-corrected chi connectivity index (χ2v) is 5.23. The van der Waals surface area contributed by atoms with Gasteiger partial charge in [0.1, 0.15) is 0 Å². The zero-order valence-corrected chi connectivity index (χ0v) is 12.2. The molecule has 0 bridgehead atoms. The molecule has 1 fully saturated rings. The summed E-state index contributed by atoms with van der Waals surface area (Å²) in [4.78, 5) is 6.82. The minimum absolute atomic E-state index is 0. The fourth-order valence-corrected chi connectivity index (χ4v) is 2.09. The Morgan fingerprint density at radius 2 is 2.28 bits per heavy atom. The van der Waals surface area contributed by atoms with E-state index in [1.807, 2.05) is 0 Å². The molecule has 0 unspecified atom stereocenters. The Hall–Kier alpha value is -0.650. The number of rotatable bonds is 4. The minimum atomic E-state index is 0. The Labute approximate surface area is 115 Å². The summed E-state index contributed by atoms with van der Waals surface area (Å²) in [7, 11) is 0. The monoisotopic (exact) mass is 274 g/mol. The molecule has 2 rings (SSSR count). The van der Waals surface area contributed by atoms with Gasteiger partial charge in [0.05, 0.1) is 6.54 Å². The van der Waals surface area contributed by atoms with E-state index in [2.05, 4.69) is 41.1 Å². The zero-order valence-electron chi connectivity index (χ0n) is 11.3. The SMILES string of the molecule is CC(C)Cc1noc(CN2CCNC[C@@H]2C)n1.Cl. The molecule has 6 heteroatoms. The van der Waals surface area contributed by atoms with Gasteiger partial charge in [-0.15, -0.1) is 12.4 Å². The van der Waals surface area contributed by atoms with Crippen LogP contribution in [0.15, 0.2) is 4.52 Å². The molecule has 0 amide bonds. The topological polar surface area (TPSA) is 54.2 Å². The Morgan fingerprint density at radius 1 is 1.50 bits per heavy atom. The summed E-state index contributed by atoms with van der Waals surface area (Å²) >= 11 is 0. The first-order chi connectivity index (χ1) is 8.15. The van der Waals surface area contributed by atoms with Crippen LogP contribution in [0.2, 0.25) is 0 Å². The smallest absolute Gasteiger partial charge is 0.240 e. The fourth-order valence-electron chi connectivity index (χ4n) is 2.09. The van der Waals surface area contributed by atoms with Gasteiger partial charge in [0.15, 0.2) is 5.82 Å². The molecule has 5 nitrogen and oxygen atoms in total. The van der Waals surface area contributed by atoms with Gasteiger partial charge in [-0.05, 0) is 12.8 Å². The van der Waals surface area contributed by atoms with Crippen molar-refractivity contribution in [2.24, 2.45) is 5.92 Å². The molecule has 104 valence electrons. The number of hydrogen-bond donors (Lipinski definition) is 1. The van der Waals surface area contributed by atoms with Crippen LogP contribution in [0.3, 0.4) is 0 Å². The van der Waals surface area contributed by atoms with Gasteiger partial charge in [0.25, 0.3) is 0 Å². The van der Waals surface area contributed by atoms with E-state index in [-0.39, 0.29) is 12.4 Å². The third-order valence-corrected chi connectivity index (χ3v) is 3.08. The van der Waals surface area contributed by atoms with Gasteiger partial charge in [-0.2, -0.15) is 4.98 Å². The summed E-state index contributed by atoms with van der Waals surface area (Å²) in [5.41, 5.74) is 0. The lowest BCUT2D eigenvalue weighted by molar-refractivity contribution is 0.146. The van der Waals surface area contributed by atoms with Crippen molar-refractivity contribution in [2.45, 2.75) is 39.8 Å². The van der Waals surface area contributed by atoms with E-state index in [1.165, 1.54) is 0 Å². The van der Waals surface area contributed by atoms with Gasteiger partial charge in [0, 0.05) is 32.1 Å². The molecule has 1 aromatic heterocycles. The highest BCUT2D eigenvalue weighted by molar-refractivity contribution is 5.85. The quantitative estimate of drug-likeness (QED) is 0.901. The fraction of sp³-hybridized carbons (Fsp3) is 0.833. The van der Waals surface area contributed by atoms with Crippen LogP contribution in [-0.2, 0) is 13.0 Å². The Balaban J connectivity index is 0.00000162. The molecule has 1 aliphatic heterocycles. The molecule has 1 N–H and O–H groups in total. The molecule has 0 radical (unpaired) electrons. The highest BCUT2D eigenvalue weighted by Crippen LogP contribution is 2.10. The highest BCUT2D eigenvalue weighted by atomic mass is 35.5. The molecule has 0 aliphatic carbocycles. The molecule has 18 heavy (non-hydrogen) atoms. The Bertz CT molecular complexity index is 356. The molecule has 0 saturated carbocycles. The summed E-state index contributed by atoms with van der Waals surface area (Å²) in [5.74, 6) is 2.14. The standard InChI is InChI=1S/C12H22N4O.ClH/c1-9(2)6-11-14-12(17-15-11)8-16-5-4-13-7-10(16)3;/h9-10,13H,4-8H2,1-3H3;1H/t10-;/m0./s1. The molecule has 1 saturated heterocycles. The molecular formula is C12H23ClN4O. The van der Waals surface area contributed by atoms with Gasteiger partial charge in [-0.25, -0.2) is 0 Å². The molecule has 0 spiro atoms. The van der Waals surface area contributed by atoms with Gasteiger partial charge in [-0.3, -0.25) is 4.90 Å². The van der Waals surface area contributed by atoms with E-state index in [9.17, 15) is 0 Å². The lowest BCUT2D eigenvalue weighted by Crippen LogP contribution is -2.49. The second-order valence-electron chi connectivity index (χ2n) is 5.23. The zero-order chi connectivity index (χ0) is 12.3. The molecule has 0 aromatic carbocycles. The summed E-state index contributed by atoms with van der Waals surface area (Å²) < 4.78 is 5.29. The maximum absolute atomic E-state index is 5.29. The number of nitrogens with one attached hydrogen (secondary N) is 1. The molecule has 1 aromatic rings. The van der Waals surface area contributed by atoms with Crippen molar-refractivity contribution in [1.29, 1.82) is 0 Å². The van der Waals surface area contributed by atoms with Gasteiger partial charge in [0.2, 0.25) is 5.89 Å². The third-order valence-electron chi connectivity index (χ3n) is 3.08. The van der Waals surface area contributed by atoms with Crippen molar-refractivity contribution in [2.75, 3.05) is 19.6 Å². The van der Waals surface area contributed by atoms with E-state index < -0.39 is 0 Å². The first-order valence-electron chi connectivity index (χ1n) is 6.41. The van der Waals surface area contributed by atoms with Crippen LogP contribution in [0.25, 0.3) is 0 Å². The second kappa shape index (κ2) is 7.07. The maximum Gasteiger partial charge on any atom is 0.240 e. The predicted octanol–water partition coefficient (Wildman–Crippen LogP) is 1.48. The van der Waals surface area contributed by atoms with Crippen LogP contribution in [0.1, 0.15) is 32.5 Å². The van der Waals surface area contributed by atoms with Crippen LogP contribution < -0.4 is 5.32 Å². The lowest BCUT2D eigenvalue weighted by Gasteiger charge is -2.32. The lowest BCUT2D eigenvalue weighted by atomic mass is 10.1. The number of hydrogen-bond acceptors (Lipinski definition) is 5. The van der Waals surface area contributed by atoms with Crippen LogP contribution in [-0.4, -0.2) is 40.7 Å². The first-order valence-corrected chi connectivity index (χ1v) is 6.41. The van der Waals surface area contributed by atoms with Crippen molar-refractivity contribution >= 4 is 12.4 Å². The summed E-state index contributed by atoms with van der Waals surface area (Å²) in [6, 6.07) is 0.532. The summed E-state index contributed by atoms with van der Waals surface area (Å²) in [6.07, 6.45) is 0.889. The third kappa shape index (κ3) is 4.23. The number of aromatic nitrogens is 2. The van der Waals surface area contributed by atoms with E-state index >= 15 is 0 Å². The van der Waals surface area contributed by atoms with Gasteiger partial charge >= 0.3 is 0 Å². The number of halogens is 1. The van der Waals surface area contributed by atoms with Gasteiger partial charge < -0.3 is 9.84 Å². The van der Waals surface area contributed by atoms with E-state index in [4.69, 9.17) is 4.52 Å². The Morgan fingerprint density at radius 3 is 2.94 bits per heavy atom. The normalized spacial score (nSPS) is 21.0. The molecule has 1 atom stereocenters. The van der Waals surface area contributed by atoms with Crippen molar-refractivity contribution in [3.05, 3.63) is 11.7 Å². The summed E-state index contributed by atoms with van der Waals surface area (Å²) in [6.45, 7) is 10.4. The largest absolute Gasteiger partial charge is 0.338 e. The van der Waals surface area contributed by atoms with Crippen LogP contribution in [0.4, 0.5) is 0 Å². The predicted molar refractivity (Wildman–Crippen MR) is 72.8 cm³/mol. The van der Waals surface area contributed by atoms with Crippen molar-refractivity contribution in [1.82, 2.24) is 20.4 Å². The number of nitrogens with zero attached hydrogens (tertiary/aromatic N) is 3. The maximum atomic E-state index is 5.29. The highest BCUT2D eigenvalue weighted by Gasteiger charge is 2.20. The first kappa shape index (κ1) is 15.4. The van der Waals surface area contributed by atoms with Crippen molar-refractivity contribution in [3.63, 3.8) is 0 Å². The molecular weight excluding hydrogens is 252 g/mol. The van der Waals surface area contributed by atoms with E-state index in [1.54, 1.807) is 0 Å². The molecule has 2 heterocycles. The average molecular weight is 275 g/mol. The minimum Gasteiger partial charge on any atom is -0.338 e. The van der Waals surface area contributed by atoms with Crippen LogP contribution >= 0.6 is 12.4 Å². The van der Waals surface area contributed by atoms with Gasteiger partial charge in [-0.1, -0.05) is 19.0 Å². The van der Waals surface area contributed by atoms with Crippen LogP contribution in [0.5, 0.6) is 0 Å².